The van der Waals surface area contributed by atoms with E-state index in [9.17, 15) is 34.8 Å². The second-order valence-electron chi connectivity index (χ2n) is 12.4. The molecule has 2 aliphatic rings. The molecule has 51 heavy (non-hydrogen) atoms. The molecular weight excluding hydrogens is 704 g/mol. The van der Waals surface area contributed by atoms with Gasteiger partial charge in [-0.1, -0.05) is 48.5 Å². The van der Waals surface area contributed by atoms with Gasteiger partial charge in [-0.05, 0) is 119 Å². The van der Waals surface area contributed by atoms with Crippen molar-refractivity contribution in [1.29, 1.82) is 0 Å². The maximum absolute atomic E-state index is 15.3. The van der Waals surface area contributed by atoms with E-state index in [2.05, 4.69) is 9.47 Å². The van der Waals surface area contributed by atoms with Crippen LogP contribution in [0.3, 0.4) is 0 Å². The Balaban J connectivity index is 1.15. The first-order valence-corrected chi connectivity index (χ1v) is 17.8. The molecule has 0 heterocycles. The lowest BCUT2D eigenvalue weighted by molar-refractivity contribution is -0.275. The Hall–Kier alpha value is -4.65. The fraction of sp³-hybridized carbons (Fsp3) is 0.263. The van der Waals surface area contributed by atoms with Crippen molar-refractivity contribution in [3.05, 3.63) is 130 Å². The average Bonchev–Trinajstić information content (AvgIpc) is 3.73. The van der Waals surface area contributed by atoms with Crippen LogP contribution in [0.4, 0.5) is 35.1 Å². The van der Waals surface area contributed by atoms with E-state index in [1.807, 2.05) is 0 Å². The Morgan fingerprint density at radius 2 is 0.804 bits per heavy atom. The van der Waals surface area contributed by atoms with Crippen LogP contribution in [0.5, 0.6) is 11.5 Å². The SMILES string of the molecule is O=S(=O)(Cc1ccc(C2=C(c3ccc(OC(F)(F)F)cc3)CCC2)cc1F)Cc1ccc(C2=C(c3ccc(OC(F)(F)F)cc3)CCC2)cc1F. The van der Waals surface area contributed by atoms with Gasteiger partial charge in [-0.3, -0.25) is 0 Å². The molecular formula is C38H30F8O4S. The molecule has 268 valence electrons. The van der Waals surface area contributed by atoms with Gasteiger partial charge in [0.2, 0.25) is 0 Å². The molecule has 13 heteroatoms. The smallest absolute Gasteiger partial charge is 0.406 e. The summed E-state index contributed by atoms with van der Waals surface area (Å²) in [4.78, 5) is 0. The number of hydrogen-bond acceptors (Lipinski definition) is 4. The van der Waals surface area contributed by atoms with E-state index in [1.54, 1.807) is 12.1 Å². The lowest BCUT2D eigenvalue weighted by Crippen LogP contribution is -2.17. The summed E-state index contributed by atoms with van der Waals surface area (Å²) in [5.41, 5.74) is 5.55. The Labute approximate surface area is 288 Å². The molecule has 0 N–H and O–H groups in total. The Bertz CT molecular complexity index is 1950. The number of ether oxygens (including phenoxy) is 2. The highest BCUT2D eigenvalue weighted by Crippen LogP contribution is 2.42. The molecule has 0 atom stereocenters. The molecule has 0 aliphatic heterocycles. The number of hydrogen-bond donors (Lipinski definition) is 0. The van der Waals surface area contributed by atoms with Crippen molar-refractivity contribution in [1.82, 2.24) is 0 Å². The van der Waals surface area contributed by atoms with Gasteiger partial charge in [0.1, 0.15) is 23.1 Å². The number of allylic oxidation sites excluding steroid dienone is 4. The molecule has 0 unspecified atom stereocenters. The summed E-state index contributed by atoms with van der Waals surface area (Å²) in [5, 5.41) is 0. The molecule has 6 rings (SSSR count). The Kier molecular flexibility index (Phi) is 10.0. The second-order valence-corrected chi connectivity index (χ2v) is 14.5. The van der Waals surface area contributed by atoms with Crippen molar-refractivity contribution in [2.24, 2.45) is 0 Å². The average molecular weight is 735 g/mol. The van der Waals surface area contributed by atoms with E-state index in [0.29, 0.717) is 47.9 Å². The zero-order valence-corrected chi connectivity index (χ0v) is 27.6. The standard InChI is InChI=1S/C38H30F8O4S/c39-35-19-25(33-5-1-3-31(33)23-11-15-29(16-12-23)49-37(41,42)43)7-9-27(35)21-51(47,48)22-28-10-8-26(20-36(28)40)34-6-2-4-32(34)24-13-17-30(18-14-24)50-38(44,45)46/h7-20H,1-6,21-22H2. The minimum atomic E-state index is -4.82. The van der Waals surface area contributed by atoms with Crippen LogP contribution in [0.25, 0.3) is 22.3 Å². The molecule has 2 aliphatic carbocycles. The summed E-state index contributed by atoms with van der Waals surface area (Å²) < 4.78 is 140. The van der Waals surface area contributed by atoms with Gasteiger partial charge in [0.25, 0.3) is 0 Å². The topological polar surface area (TPSA) is 52.6 Å². The monoisotopic (exact) mass is 734 g/mol. The molecule has 0 bridgehead atoms. The van der Waals surface area contributed by atoms with Gasteiger partial charge in [-0.15, -0.1) is 26.3 Å². The first kappa shape index (κ1) is 36.2. The highest BCUT2D eigenvalue weighted by Gasteiger charge is 2.32. The molecule has 4 aromatic rings. The maximum Gasteiger partial charge on any atom is 0.573 e. The third-order valence-electron chi connectivity index (χ3n) is 8.86. The molecule has 0 spiro atoms. The molecule has 0 aromatic heterocycles. The van der Waals surface area contributed by atoms with Crippen LogP contribution in [-0.4, -0.2) is 21.1 Å². The van der Waals surface area contributed by atoms with E-state index in [1.165, 1.54) is 72.8 Å². The largest absolute Gasteiger partial charge is 0.573 e. The molecule has 0 radical (unpaired) electrons. The fourth-order valence-corrected chi connectivity index (χ4v) is 8.22. The zero-order valence-electron chi connectivity index (χ0n) is 26.8. The van der Waals surface area contributed by atoms with Gasteiger partial charge in [-0.25, -0.2) is 17.2 Å². The quantitative estimate of drug-likeness (QED) is 0.152. The first-order valence-electron chi connectivity index (χ1n) is 16.0. The molecule has 0 fully saturated rings. The summed E-state index contributed by atoms with van der Waals surface area (Å²) in [7, 11) is -4.03. The van der Waals surface area contributed by atoms with Crippen LogP contribution < -0.4 is 9.47 Å². The van der Waals surface area contributed by atoms with Gasteiger partial charge in [0.15, 0.2) is 9.84 Å². The van der Waals surface area contributed by atoms with Gasteiger partial charge < -0.3 is 9.47 Å². The maximum atomic E-state index is 15.3. The fourth-order valence-electron chi connectivity index (χ4n) is 6.71. The van der Waals surface area contributed by atoms with Crippen LogP contribution in [0.15, 0.2) is 84.9 Å². The van der Waals surface area contributed by atoms with Crippen molar-refractivity contribution >= 4 is 32.1 Å². The van der Waals surface area contributed by atoms with Crippen molar-refractivity contribution in [3.8, 4) is 11.5 Å². The Morgan fingerprint density at radius 3 is 1.12 bits per heavy atom. The van der Waals surface area contributed by atoms with Crippen LogP contribution in [0.1, 0.15) is 71.9 Å². The number of benzene rings is 4. The molecule has 0 saturated heterocycles. The van der Waals surface area contributed by atoms with Crippen LogP contribution in [-0.2, 0) is 21.3 Å². The van der Waals surface area contributed by atoms with Crippen molar-refractivity contribution in [2.45, 2.75) is 62.8 Å². The van der Waals surface area contributed by atoms with Crippen LogP contribution in [0.2, 0.25) is 0 Å². The molecule has 0 amide bonds. The number of rotatable bonds is 10. The zero-order chi connectivity index (χ0) is 36.6. The minimum absolute atomic E-state index is 0.0861. The van der Waals surface area contributed by atoms with Crippen molar-refractivity contribution < 1.29 is 53.0 Å². The molecule has 4 nitrogen and oxygen atoms in total. The predicted octanol–water partition coefficient (Wildman–Crippen LogP) is 11.1. The highest BCUT2D eigenvalue weighted by molar-refractivity contribution is 7.89. The first-order chi connectivity index (χ1) is 24.0. The van der Waals surface area contributed by atoms with Crippen LogP contribution >= 0.6 is 0 Å². The minimum Gasteiger partial charge on any atom is -0.406 e. The third-order valence-corrected chi connectivity index (χ3v) is 10.4. The predicted molar refractivity (Wildman–Crippen MR) is 177 cm³/mol. The van der Waals surface area contributed by atoms with Crippen molar-refractivity contribution in [3.63, 3.8) is 0 Å². The Morgan fingerprint density at radius 1 is 0.490 bits per heavy atom. The number of halogens is 8. The molecule has 0 saturated carbocycles. The van der Waals surface area contributed by atoms with Crippen LogP contribution in [0, 0.1) is 11.6 Å². The number of sulfone groups is 1. The lowest BCUT2D eigenvalue weighted by atomic mass is 9.96. The summed E-state index contributed by atoms with van der Waals surface area (Å²) in [6, 6.07) is 19.3. The summed E-state index contributed by atoms with van der Waals surface area (Å²) in [5.74, 6) is -3.56. The van der Waals surface area contributed by atoms with E-state index in [-0.39, 0.29) is 22.6 Å². The van der Waals surface area contributed by atoms with Gasteiger partial charge in [0.05, 0.1) is 11.5 Å². The van der Waals surface area contributed by atoms with E-state index >= 15 is 8.78 Å². The summed E-state index contributed by atoms with van der Waals surface area (Å²) >= 11 is 0. The van der Waals surface area contributed by atoms with Gasteiger partial charge >= 0.3 is 12.7 Å². The van der Waals surface area contributed by atoms with Crippen molar-refractivity contribution in [2.75, 3.05) is 0 Å². The van der Waals surface area contributed by atoms with E-state index < -0.39 is 45.7 Å². The van der Waals surface area contributed by atoms with Gasteiger partial charge in [-0.2, -0.15) is 0 Å². The van der Waals surface area contributed by atoms with E-state index in [4.69, 9.17) is 0 Å². The second kappa shape index (κ2) is 14.2. The third kappa shape index (κ3) is 8.99. The highest BCUT2D eigenvalue weighted by atomic mass is 32.2. The summed E-state index contributed by atoms with van der Waals surface area (Å²) in [6.45, 7) is 0. The summed E-state index contributed by atoms with van der Waals surface area (Å²) in [6.07, 6.45) is -5.67. The van der Waals surface area contributed by atoms with Gasteiger partial charge in [0, 0.05) is 11.1 Å². The van der Waals surface area contributed by atoms with E-state index in [0.717, 1.165) is 35.1 Å². The normalized spacial score (nSPS) is 15.5. The molecule has 4 aromatic carbocycles. The number of alkyl halides is 6. The lowest BCUT2D eigenvalue weighted by Gasteiger charge is -2.13.